The Morgan fingerprint density at radius 3 is 2.56 bits per heavy atom. The van der Waals surface area contributed by atoms with E-state index < -0.39 is 0 Å². The molecule has 2 aromatic heterocycles. The highest BCUT2D eigenvalue weighted by atomic mass is 16.3. The van der Waals surface area contributed by atoms with Crippen molar-refractivity contribution < 1.29 is 9.21 Å². The summed E-state index contributed by atoms with van der Waals surface area (Å²) in [6.07, 6.45) is 2.75. The number of para-hydroxylation sites is 1. The lowest BCUT2D eigenvalue weighted by Gasteiger charge is -2.25. The molecule has 32 heavy (non-hydrogen) atoms. The fourth-order valence-corrected chi connectivity index (χ4v) is 3.73. The van der Waals surface area contributed by atoms with Crippen LogP contribution in [0.4, 0.5) is 5.82 Å². The third-order valence-corrected chi connectivity index (χ3v) is 5.46. The standard InChI is InChI=1S/C26H28N4O2/c1-3-24-28-23-14-8-7-13-22(23)26(29-24)30(18-21-12-9-17-32-21)16-15-25(31)27-19(2)20-10-5-4-6-11-20/h4-14,17,19H,3,15-16,18H2,1-2H3,(H,27,31)/t19-/m0/s1. The van der Waals surface area contributed by atoms with Crippen molar-refractivity contribution in [2.45, 2.75) is 39.3 Å². The van der Waals surface area contributed by atoms with Gasteiger partial charge in [-0.2, -0.15) is 0 Å². The Labute approximate surface area is 188 Å². The van der Waals surface area contributed by atoms with E-state index in [0.29, 0.717) is 19.5 Å². The third-order valence-electron chi connectivity index (χ3n) is 5.46. The number of carbonyl (C=O) groups is 1. The zero-order valence-electron chi connectivity index (χ0n) is 18.5. The van der Waals surface area contributed by atoms with Crippen molar-refractivity contribution in [3.8, 4) is 0 Å². The van der Waals surface area contributed by atoms with E-state index in [4.69, 9.17) is 9.40 Å². The summed E-state index contributed by atoms with van der Waals surface area (Å²) in [5.41, 5.74) is 1.99. The molecule has 164 valence electrons. The van der Waals surface area contributed by atoms with Crippen LogP contribution >= 0.6 is 0 Å². The minimum absolute atomic E-state index is 0.000116. The Hall–Kier alpha value is -3.67. The molecule has 0 saturated heterocycles. The third kappa shape index (κ3) is 5.14. The highest BCUT2D eigenvalue weighted by Gasteiger charge is 2.18. The average Bonchev–Trinajstić information content (AvgIpc) is 3.34. The monoisotopic (exact) mass is 428 g/mol. The number of nitrogens with one attached hydrogen (secondary N) is 1. The maximum absolute atomic E-state index is 12.8. The summed E-state index contributed by atoms with van der Waals surface area (Å²) in [6, 6.07) is 21.7. The molecule has 0 spiro atoms. The predicted molar refractivity (Wildman–Crippen MR) is 126 cm³/mol. The molecular weight excluding hydrogens is 400 g/mol. The van der Waals surface area contributed by atoms with E-state index in [9.17, 15) is 4.79 Å². The Morgan fingerprint density at radius 1 is 1.03 bits per heavy atom. The van der Waals surface area contributed by atoms with E-state index in [-0.39, 0.29) is 11.9 Å². The first-order valence-corrected chi connectivity index (χ1v) is 11.0. The topological polar surface area (TPSA) is 71.3 Å². The Morgan fingerprint density at radius 2 is 1.81 bits per heavy atom. The smallest absolute Gasteiger partial charge is 0.222 e. The number of rotatable bonds is 9. The fourth-order valence-electron chi connectivity index (χ4n) is 3.73. The number of anilines is 1. The van der Waals surface area contributed by atoms with Gasteiger partial charge in [-0.25, -0.2) is 9.97 Å². The molecular formula is C26H28N4O2. The lowest BCUT2D eigenvalue weighted by Crippen LogP contribution is -2.32. The normalized spacial score (nSPS) is 11.9. The Bertz CT molecular complexity index is 1160. The van der Waals surface area contributed by atoms with Crippen LogP contribution in [0.1, 0.15) is 43.5 Å². The number of benzene rings is 2. The Kier molecular flexibility index (Phi) is 6.80. The van der Waals surface area contributed by atoms with Gasteiger partial charge in [0.25, 0.3) is 0 Å². The van der Waals surface area contributed by atoms with Gasteiger partial charge in [-0.1, -0.05) is 49.4 Å². The van der Waals surface area contributed by atoms with E-state index in [1.165, 1.54) is 0 Å². The molecule has 0 saturated carbocycles. The number of aromatic nitrogens is 2. The molecule has 1 N–H and O–H groups in total. The van der Waals surface area contributed by atoms with Crippen molar-refractivity contribution in [2.24, 2.45) is 0 Å². The highest BCUT2D eigenvalue weighted by Crippen LogP contribution is 2.26. The molecule has 4 rings (SSSR count). The number of amides is 1. The molecule has 0 fully saturated rings. The van der Waals surface area contributed by atoms with Gasteiger partial charge in [0.05, 0.1) is 24.4 Å². The second-order valence-corrected chi connectivity index (χ2v) is 7.78. The summed E-state index contributed by atoms with van der Waals surface area (Å²) in [6.45, 7) is 5.08. The quantitative estimate of drug-likeness (QED) is 0.403. The first-order chi connectivity index (χ1) is 15.6. The molecule has 0 bridgehead atoms. The molecule has 0 aliphatic carbocycles. The molecule has 4 aromatic rings. The molecule has 6 nitrogen and oxygen atoms in total. The minimum Gasteiger partial charge on any atom is -0.467 e. The van der Waals surface area contributed by atoms with E-state index >= 15 is 0 Å². The zero-order chi connectivity index (χ0) is 22.3. The maximum Gasteiger partial charge on any atom is 0.222 e. The van der Waals surface area contributed by atoms with Crippen molar-refractivity contribution in [1.82, 2.24) is 15.3 Å². The summed E-state index contributed by atoms with van der Waals surface area (Å²) >= 11 is 0. The maximum atomic E-state index is 12.8. The van der Waals surface area contributed by atoms with Gasteiger partial charge in [0.15, 0.2) is 0 Å². The average molecular weight is 429 g/mol. The summed E-state index contributed by atoms with van der Waals surface area (Å²) in [5.74, 6) is 2.43. The van der Waals surface area contributed by atoms with Crippen LogP contribution in [-0.2, 0) is 17.8 Å². The minimum atomic E-state index is -0.0474. The van der Waals surface area contributed by atoms with Crippen LogP contribution in [0.3, 0.4) is 0 Å². The van der Waals surface area contributed by atoms with Gasteiger partial charge in [0.2, 0.25) is 5.91 Å². The first kappa shape index (κ1) is 21.6. The van der Waals surface area contributed by atoms with Crippen LogP contribution in [-0.4, -0.2) is 22.4 Å². The molecule has 0 aliphatic heterocycles. The van der Waals surface area contributed by atoms with Crippen LogP contribution < -0.4 is 10.2 Å². The number of fused-ring (bicyclic) bond motifs is 1. The highest BCUT2D eigenvalue weighted by molar-refractivity contribution is 5.89. The molecule has 0 aliphatic rings. The summed E-state index contributed by atoms with van der Waals surface area (Å²) in [5, 5.41) is 4.07. The number of nitrogens with zero attached hydrogens (tertiary/aromatic N) is 3. The molecule has 1 amide bonds. The fraction of sp³-hybridized carbons (Fsp3) is 0.269. The number of hydrogen-bond donors (Lipinski definition) is 1. The number of aryl methyl sites for hydroxylation is 1. The van der Waals surface area contributed by atoms with Gasteiger partial charge < -0.3 is 14.6 Å². The van der Waals surface area contributed by atoms with Gasteiger partial charge in [0, 0.05) is 24.8 Å². The summed E-state index contributed by atoms with van der Waals surface area (Å²) in [7, 11) is 0. The van der Waals surface area contributed by atoms with E-state index in [1.54, 1.807) is 6.26 Å². The van der Waals surface area contributed by atoms with E-state index in [1.807, 2.05) is 80.6 Å². The molecule has 6 heteroatoms. The van der Waals surface area contributed by atoms with Gasteiger partial charge in [-0.3, -0.25) is 4.79 Å². The van der Waals surface area contributed by atoms with Crippen molar-refractivity contribution in [1.29, 1.82) is 0 Å². The van der Waals surface area contributed by atoms with Crippen molar-refractivity contribution >= 4 is 22.6 Å². The second-order valence-electron chi connectivity index (χ2n) is 7.78. The molecule has 0 radical (unpaired) electrons. The lowest BCUT2D eigenvalue weighted by atomic mass is 10.1. The zero-order valence-corrected chi connectivity index (χ0v) is 18.5. The number of hydrogen-bond acceptors (Lipinski definition) is 5. The lowest BCUT2D eigenvalue weighted by molar-refractivity contribution is -0.121. The van der Waals surface area contributed by atoms with Crippen molar-refractivity contribution in [3.63, 3.8) is 0 Å². The van der Waals surface area contributed by atoms with E-state index in [0.717, 1.165) is 40.3 Å². The first-order valence-electron chi connectivity index (χ1n) is 11.0. The summed E-state index contributed by atoms with van der Waals surface area (Å²) < 4.78 is 5.60. The van der Waals surface area contributed by atoms with Crippen LogP contribution in [0.2, 0.25) is 0 Å². The number of furan rings is 1. The van der Waals surface area contributed by atoms with Gasteiger partial charge in [-0.15, -0.1) is 0 Å². The molecule has 1 atom stereocenters. The Balaban J connectivity index is 1.55. The largest absolute Gasteiger partial charge is 0.467 e. The molecule has 2 heterocycles. The van der Waals surface area contributed by atoms with Crippen LogP contribution in [0.5, 0.6) is 0 Å². The molecule has 0 unspecified atom stereocenters. The van der Waals surface area contributed by atoms with Crippen LogP contribution in [0.25, 0.3) is 10.9 Å². The SMILES string of the molecule is CCc1nc(N(CCC(=O)N[C@@H](C)c2ccccc2)Cc2ccco2)c2ccccc2n1. The van der Waals surface area contributed by atoms with Gasteiger partial charge >= 0.3 is 0 Å². The van der Waals surface area contributed by atoms with Crippen molar-refractivity contribution in [3.05, 3.63) is 90.1 Å². The molecule has 2 aromatic carbocycles. The van der Waals surface area contributed by atoms with Gasteiger partial charge in [0.1, 0.15) is 17.4 Å². The second kappa shape index (κ2) is 10.1. The van der Waals surface area contributed by atoms with Gasteiger partial charge in [-0.05, 0) is 36.8 Å². The van der Waals surface area contributed by atoms with Crippen LogP contribution in [0, 0.1) is 0 Å². The van der Waals surface area contributed by atoms with Crippen LogP contribution in [0.15, 0.2) is 77.4 Å². The summed E-state index contributed by atoms with van der Waals surface area (Å²) in [4.78, 5) is 24.4. The van der Waals surface area contributed by atoms with E-state index in [2.05, 4.69) is 15.2 Å². The van der Waals surface area contributed by atoms with Crippen molar-refractivity contribution in [2.75, 3.05) is 11.4 Å². The predicted octanol–water partition coefficient (Wildman–Crippen LogP) is 5.06. The number of carbonyl (C=O) groups excluding carboxylic acids is 1.